The molecule has 0 atom stereocenters. The van der Waals surface area contributed by atoms with Crippen LogP contribution < -0.4 is 4.72 Å². The van der Waals surface area contributed by atoms with E-state index in [1.54, 1.807) is 18.2 Å². The molecule has 3 nitrogen and oxygen atoms in total. The number of sulfonamides is 1. The van der Waals surface area contributed by atoms with Crippen molar-refractivity contribution in [1.29, 1.82) is 0 Å². The molecule has 0 heterocycles. The van der Waals surface area contributed by atoms with Crippen molar-refractivity contribution >= 4 is 26.5 Å². The molecule has 22 heavy (non-hydrogen) atoms. The maximum Gasteiger partial charge on any atom is 0.261 e. The van der Waals surface area contributed by atoms with E-state index >= 15 is 0 Å². The van der Waals surface area contributed by atoms with Crippen LogP contribution in [0.4, 0.5) is 5.69 Å². The zero-order chi connectivity index (χ0) is 15.7. The molecule has 0 unspecified atom stereocenters. The SMILES string of the molecule is Cc1ccc(S(=O)(=O)Nc2ccc3ccccc3c2)cc1C. The smallest absolute Gasteiger partial charge is 0.261 e. The third-order valence-electron chi connectivity index (χ3n) is 3.79. The fraction of sp³-hybridized carbons (Fsp3) is 0.111. The molecule has 3 aromatic rings. The molecule has 0 aliphatic rings. The summed E-state index contributed by atoms with van der Waals surface area (Å²) in [7, 11) is -3.57. The molecule has 0 saturated carbocycles. The first-order valence-corrected chi connectivity index (χ1v) is 8.53. The van der Waals surface area contributed by atoms with Gasteiger partial charge in [-0.15, -0.1) is 0 Å². The summed E-state index contributed by atoms with van der Waals surface area (Å²) in [4.78, 5) is 0.281. The van der Waals surface area contributed by atoms with E-state index in [0.717, 1.165) is 21.9 Å². The topological polar surface area (TPSA) is 46.2 Å². The number of fused-ring (bicyclic) bond motifs is 1. The predicted molar refractivity (Wildman–Crippen MR) is 90.7 cm³/mol. The first-order chi connectivity index (χ1) is 10.5. The number of aryl methyl sites for hydroxylation is 2. The highest BCUT2D eigenvalue weighted by Gasteiger charge is 2.14. The fourth-order valence-electron chi connectivity index (χ4n) is 2.35. The van der Waals surface area contributed by atoms with Gasteiger partial charge in [0.15, 0.2) is 0 Å². The van der Waals surface area contributed by atoms with E-state index in [-0.39, 0.29) is 4.90 Å². The minimum absolute atomic E-state index is 0.281. The van der Waals surface area contributed by atoms with E-state index in [0.29, 0.717) is 5.69 Å². The minimum atomic E-state index is -3.57. The van der Waals surface area contributed by atoms with Crippen LogP contribution in [0.15, 0.2) is 65.6 Å². The molecule has 0 spiro atoms. The summed E-state index contributed by atoms with van der Waals surface area (Å²) in [5.41, 5.74) is 2.60. The Morgan fingerprint density at radius 1 is 0.773 bits per heavy atom. The Morgan fingerprint density at radius 3 is 2.23 bits per heavy atom. The lowest BCUT2D eigenvalue weighted by Gasteiger charge is -2.10. The van der Waals surface area contributed by atoms with E-state index in [1.807, 2.05) is 56.3 Å². The maximum absolute atomic E-state index is 12.5. The Morgan fingerprint density at radius 2 is 1.50 bits per heavy atom. The Kier molecular flexibility index (Phi) is 3.62. The van der Waals surface area contributed by atoms with Gasteiger partial charge in [0.05, 0.1) is 4.90 Å². The number of rotatable bonds is 3. The zero-order valence-corrected chi connectivity index (χ0v) is 13.3. The lowest BCUT2D eigenvalue weighted by Crippen LogP contribution is -2.13. The van der Waals surface area contributed by atoms with E-state index in [2.05, 4.69) is 4.72 Å². The van der Waals surface area contributed by atoms with Crippen molar-refractivity contribution in [2.45, 2.75) is 18.7 Å². The summed E-state index contributed by atoms with van der Waals surface area (Å²) in [6, 6.07) is 18.5. The summed E-state index contributed by atoms with van der Waals surface area (Å²) >= 11 is 0. The van der Waals surface area contributed by atoms with Gasteiger partial charge < -0.3 is 0 Å². The Balaban J connectivity index is 1.97. The van der Waals surface area contributed by atoms with E-state index in [1.165, 1.54) is 0 Å². The molecule has 0 aliphatic carbocycles. The lowest BCUT2D eigenvalue weighted by atomic mass is 10.1. The second-order valence-electron chi connectivity index (χ2n) is 5.41. The van der Waals surface area contributed by atoms with Crippen LogP contribution in [-0.4, -0.2) is 8.42 Å². The average Bonchev–Trinajstić information content (AvgIpc) is 2.49. The number of hydrogen-bond acceptors (Lipinski definition) is 2. The molecule has 0 aliphatic heterocycles. The summed E-state index contributed by atoms with van der Waals surface area (Å²) in [6.07, 6.45) is 0. The van der Waals surface area contributed by atoms with Gasteiger partial charge >= 0.3 is 0 Å². The van der Waals surface area contributed by atoms with Gasteiger partial charge in [-0.05, 0) is 60.0 Å². The molecule has 1 N–H and O–H groups in total. The summed E-state index contributed by atoms with van der Waals surface area (Å²) < 4.78 is 27.6. The van der Waals surface area contributed by atoms with Crippen LogP contribution in [-0.2, 0) is 10.0 Å². The van der Waals surface area contributed by atoms with Crippen LogP contribution in [0.2, 0.25) is 0 Å². The van der Waals surface area contributed by atoms with Gasteiger partial charge in [-0.25, -0.2) is 8.42 Å². The fourth-order valence-corrected chi connectivity index (χ4v) is 3.48. The van der Waals surface area contributed by atoms with Gasteiger partial charge in [-0.1, -0.05) is 36.4 Å². The maximum atomic E-state index is 12.5. The van der Waals surface area contributed by atoms with Crippen molar-refractivity contribution in [3.63, 3.8) is 0 Å². The second kappa shape index (κ2) is 5.46. The third-order valence-corrected chi connectivity index (χ3v) is 5.17. The van der Waals surface area contributed by atoms with Crippen LogP contribution in [0.3, 0.4) is 0 Å². The van der Waals surface area contributed by atoms with Gasteiger partial charge in [-0.2, -0.15) is 0 Å². The molecule has 3 aromatic carbocycles. The first kappa shape index (κ1) is 14.6. The number of nitrogens with one attached hydrogen (secondary N) is 1. The molecule has 112 valence electrons. The molecule has 0 aromatic heterocycles. The second-order valence-corrected chi connectivity index (χ2v) is 7.10. The Bertz CT molecular complexity index is 946. The summed E-state index contributed by atoms with van der Waals surface area (Å²) in [5.74, 6) is 0. The molecule has 0 saturated heterocycles. The molecule has 3 rings (SSSR count). The van der Waals surface area contributed by atoms with Crippen molar-refractivity contribution < 1.29 is 8.42 Å². The summed E-state index contributed by atoms with van der Waals surface area (Å²) in [5, 5.41) is 2.08. The normalized spacial score (nSPS) is 11.5. The van der Waals surface area contributed by atoms with E-state index in [4.69, 9.17) is 0 Å². The van der Waals surface area contributed by atoms with Crippen molar-refractivity contribution in [2.75, 3.05) is 4.72 Å². The first-order valence-electron chi connectivity index (χ1n) is 7.04. The molecule has 4 heteroatoms. The third kappa shape index (κ3) is 2.83. The highest BCUT2D eigenvalue weighted by atomic mass is 32.2. The molecule has 0 bridgehead atoms. The average molecular weight is 311 g/mol. The van der Waals surface area contributed by atoms with Gasteiger partial charge in [0, 0.05) is 5.69 Å². The standard InChI is InChI=1S/C18H17NO2S/c1-13-7-10-18(11-14(13)2)22(20,21)19-17-9-8-15-5-3-4-6-16(15)12-17/h3-12,19H,1-2H3. The van der Waals surface area contributed by atoms with Crippen molar-refractivity contribution in [2.24, 2.45) is 0 Å². The number of hydrogen-bond donors (Lipinski definition) is 1. The quantitative estimate of drug-likeness (QED) is 0.785. The predicted octanol–water partition coefficient (Wildman–Crippen LogP) is 4.26. The minimum Gasteiger partial charge on any atom is -0.280 e. The number of anilines is 1. The largest absolute Gasteiger partial charge is 0.280 e. The van der Waals surface area contributed by atoms with Crippen LogP contribution in [0.1, 0.15) is 11.1 Å². The monoisotopic (exact) mass is 311 g/mol. The van der Waals surface area contributed by atoms with Crippen molar-refractivity contribution in [3.8, 4) is 0 Å². The van der Waals surface area contributed by atoms with Crippen LogP contribution in [0.25, 0.3) is 10.8 Å². The van der Waals surface area contributed by atoms with Gasteiger partial charge in [0.2, 0.25) is 0 Å². The summed E-state index contributed by atoms with van der Waals surface area (Å²) in [6.45, 7) is 3.87. The highest BCUT2D eigenvalue weighted by Crippen LogP contribution is 2.22. The van der Waals surface area contributed by atoms with E-state index < -0.39 is 10.0 Å². The Labute approximate surface area is 130 Å². The molecule has 0 fully saturated rings. The molecule has 0 radical (unpaired) electrons. The molecule has 0 amide bonds. The number of benzene rings is 3. The highest BCUT2D eigenvalue weighted by molar-refractivity contribution is 7.92. The lowest BCUT2D eigenvalue weighted by molar-refractivity contribution is 0.601. The van der Waals surface area contributed by atoms with Crippen LogP contribution in [0.5, 0.6) is 0 Å². The van der Waals surface area contributed by atoms with Crippen LogP contribution in [0, 0.1) is 13.8 Å². The van der Waals surface area contributed by atoms with Gasteiger partial charge in [0.25, 0.3) is 10.0 Å². The molecular formula is C18H17NO2S. The van der Waals surface area contributed by atoms with Crippen molar-refractivity contribution in [1.82, 2.24) is 0 Å². The van der Waals surface area contributed by atoms with Crippen LogP contribution >= 0.6 is 0 Å². The Hall–Kier alpha value is -2.33. The van der Waals surface area contributed by atoms with E-state index in [9.17, 15) is 8.42 Å². The molecular weight excluding hydrogens is 294 g/mol. The zero-order valence-electron chi connectivity index (χ0n) is 12.5. The van der Waals surface area contributed by atoms with Gasteiger partial charge in [-0.3, -0.25) is 4.72 Å². The van der Waals surface area contributed by atoms with Gasteiger partial charge in [0.1, 0.15) is 0 Å². The van der Waals surface area contributed by atoms with Crippen molar-refractivity contribution in [3.05, 3.63) is 71.8 Å².